The van der Waals surface area contributed by atoms with Gasteiger partial charge in [-0.3, -0.25) is 0 Å². The number of hydrogen-bond donors (Lipinski definition) is 1. The highest BCUT2D eigenvalue weighted by Gasteiger charge is 1.89. The van der Waals surface area contributed by atoms with E-state index in [4.69, 9.17) is 7.85 Å². The van der Waals surface area contributed by atoms with E-state index in [0.29, 0.717) is 0 Å². The highest BCUT2D eigenvalue weighted by molar-refractivity contribution is 6.09. The zero-order valence-electron chi connectivity index (χ0n) is 4.10. The van der Waals surface area contributed by atoms with Gasteiger partial charge >= 0.3 is 6.09 Å². The van der Waals surface area contributed by atoms with Gasteiger partial charge in [-0.2, -0.15) is 0 Å². The van der Waals surface area contributed by atoms with Gasteiger partial charge in [0.25, 0.3) is 0 Å². The number of carbonyl (C=O) groups excluding carboxylic acids is 1. The van der Waals surface area contributed by atoms with Crippen LogP contribution in [0.5, 0.6) is 0 Å². The van der Waals surface area contributed by atoms with Crippen LogP contribution in [0.4, 0.5) is 4.79 Å². The third kappa shape index (κ3) is 3.16. The normalized spacial score (nSPS) is 7.57. The van der Waals surface area contributed by atoms with Crippen molar-refractivity contribution in [3.05, 3.63) is 0 Å². The average molecular weight is 98.9 g/mol. The highest BCUT2D eigenvalue weighted by atomic mass is 16.5. The fraction of sp³-hybridized carbons (Fsp3) is 0.667. The molecule has 0 rings (SSSR count). The molecule has 1 N–H and O–H groups in total. The molecule has 0 saturated heterocycles. The van der Waals surface area contributed by atoms with E-state index in [1.54, 1.807) is 0 Å². The van der Waals surface area contributed by atoms with E-state index in [0.717, 1.165) is 0 Å². The summed E-state index contributed by atoms with van der Waals surface area (Å²) in [7, 11) is 6.18. The van der Waals surface area contributed by atoms with Gasteiger partial charge < -0.3 is 10.1 Å². The quantitative estimate of drug-likeness (QED) is 0.448. The van der Waals surface area contributed by atoms with Gasteiger partial charge in [0.2, 0.25) is 0 Å². The lowest BCUT2D eigenvalue weighted by molar-refractivity contribution is 0.173. The first kappa shape index (κ1) is 6.33. The molecule has 0 atom stereocenters. The summed E-state index contributed by atoms with van der Waals surface area (Å²) in [6.45, 7) is 0. The molecule has 0 aromatic carbocycles. The minimum absolute atomic E-state index is 0.118. The number of carbonyl (C=O) groups is 1. The van der Waals surface area contributed by atoms with Crippen LogP contribution in [-0.2, 0) is 4.74 Å². The smallest absolute Gasteiger partial charge is 0.406 e. The zero-order valence-corrected chi connectivity index (χ0v) is 4.10. The molecule has 0 aromatic heterocycles. The average Bonchev–Trinajstić information content (AvgIpc) is 1.68. The molecule has 7 heavy (non-hydrogen) atoms. The maximum absolute atomic E-state index is 10.00. The summed E-state index contributed by atoms with van der Waals surface area (Å²) in [4.78, 5) is 10.00. The van der Waals surface area contributed by atoms with Gasteiger partial charge in [-0.25, -0.2) is 4.79 Å². The van der Waals surface area contributed by atoms with Crippen LogP contribution >= 0.6 is 0 Å². The number of methoxy groups -OCH3 is 1. The Morgan fingerprint density at radius 1 is 2.00 bits per heavy atom. The lowest BCUT2D eigenvalue weighted by Crippen LogP contribution is -2.23. The van der Waals surface area contributed by atoms with Crippen molar-refractivity contribution in [1.82, 2.24) is 5.32 Å². The maximum atomic E-state index is 10.00. The second-order valence-corrected chi connectivity index (χ2v) is 0.872. The van der Waals surface area contributed by atoms with E-state index in [-0.39, 0.29) is 6.44 Å². The van der Waals surface area contributed by atoms with Crippen molar-refractivity contribution in [3.63, 3.8) is 0 Å². The van der Waals surface area contributed by atoms with Gasteiger partial charge in [-0.05, 0) is 6.44 Å². The number of hydrogen-bond acceptors (Lipinski definition) is 2. The number of ether oxygens (including phenoxy) is 1. The first-order valence-corrected chi connectivity index (χ1v) is 1.83. The second-order valence-electron chi connectivity index (χ2n) is 0.872. The summed E-state index contributed by atoms with van der Waals surface area (Å²) in [5.41, 5.74) is 0. The molecule has 3 nitrogen and oxygen atoms in total. The van der Waals surface area contributed by atoms with Crippen molar-refractivity contribution in [2.45, 2.75) is 0 Å². The zero-order chi connectivity index (χ0) is 5.70. The minimum Gasteiger partial charge on any atom is -0.453 e. The lowest BCUT2D eigenvalue weighted by atomic mass is 10.2. The summed E-state index contributed by atoms with van der Waals surface area (Å²) in [6, 6.07) is 0. The Morgan fingerprint density at radius 3 is 2.71 bits per heavy atom. The van der Waals surface area contributed by atoms with Gasteiger partial charge in [0.1, 0.15) is 0 Å². The Bertz CT molecular complexity index is 66.0. The van der Waals surface area contributed by atoms with Crippen molar-refractivity contribution in [3.8, 4) is 0 Å². The van der Waals surface area contributed by atoms with Gasteiger partial charge in [-0.1, -0.05) is 0 Å². The van der Waals surface area contributed by atoms with Crippen molar-refractivity contribution < 1.29 is 9.53 Å². The topological polar surface area (TPSA) is 38.3 Å². The molecule has 0 heterocycles. The number of amides is 1. The largest absolute Gasteiger partial charge is 0.453 e. The van der Waals surface area contributed by atoms with Crippen LogP contribution < -0.4 is 5.32 Å². The maximum Gasteiger partial charge on any atom is 0.406 e. The molecule has 0 aliphatic carbocycles. The first-order chi connectivity index (χ1) is 3.31. The third-order valence-corrected chi connectivity index (χ3v) is 0.432. The molecule has 1 amide bonds. The highest BCUT2D eigenvalue weighted by Crippen LogP contribution is 1.64. The Labute approximate surface area is 43.4 Å². The molecule has 0 aromatic rings. The Hall–Kier alpha value is -0.665. The summed E-state index contributed by atoms with van der Waals surface area (Å²) in [6.07, 6.45) is -0.380. The lowest BCUT2D eigenvalue weighted by Gasteiger charge is -1.95. The molecular weight excluding hydrogens is 92.8 g/mol. The van der Waals surface area contributed by atoms with E-state index >= 15 is 0 Å². The Morgan fingerprint density at radius 2 is 2.57 bits per heavy atom. The van der Waals surface area contributed by atoms with Crippen LogP contribution in [-0.4, -0.2) is 27.5 Å². The molecule has 0 aliphatic rings. The molecule has 38 valence electrons. The number of alkyl carbamates (subject to hydrolysis) is 1. The summed E-state index contributed by atoms with van der Waals surface area (Å²) in [5.74, 6) is 0. The van der Waals surface area contributed by atoms with Crippen LogP contribution in [0.2, 0.25) is 0 Å². The molecule has 4 heteroatoms. The van der Waals surface area contributed by atoms with Crippen LogP contribution in [0.25, 0.3) is 0 Å². The van der Waals surface area contributed by atoms with Gasteiger partial charge in [0.15, 0.2) is 0 Å². The van der Waals surface area contributed by atoms with Crippen LogP contribution in [0.3, 0.4) is 0 Å². The van der Waals surface area contributed by atoms with E-state index < -0.39 is 6.09 Å². The molecule has 0 aliphatic heterocycles. The molecule has 0 fully saturated rings. The Balaban J connectivity index is 3.00. The minimum atomic E-state index is -0.498. The van der Waals surface area contributed by atoms with Crippen LogP contribution in [0.15, 0.2) is 0 Å². The fourth-order valence-electron chi connectivity index (χ4n) is 0.156. The van der Waals surface area contributed by atoms with Crippen LogP contribution in [0.1, 0.15) is 0 Å². The van der Waals surface area contributed by atoms with Crippen molar-refractivity contribution in [2.75, 3.05) is 13.6 Å². The van der Waals surface area contributed by atoms with Gasteiger partial charge in [0, 0.05) is 0 Å². The molecule has 0 bridgehead atoms. The SMILES string of the molecule is [B]CNC(=O)OC. The molecule has 2 radical (unpaired) electrons. The standard InChI is InChI=1S/C3H6BNO2/c1-7-3(6)5-2-4/h2H2,1H3,(H,5,6). The van der Waals surface area contributed by atoms with E-state index in [2.05, 4.69) is 10.1 Å². The Kier molecular flexibility index (Phi) is 3.19. The first-order valence-electron chi connectivity index (χ1n) is 1.83. The monoisotopic (exact) mass is 99.0 g/mol. The number of rotatable bonds is 1. The van der Waals surface area contributed by atoms with E-state index in [9.17, 15) is 4.79 Å². The van der Waals surface area contributed by atoms with Crippen molar-refractivity contribution >= 4 is 13.9 Å². The predicted molar refractivity (Wildman–Crippen MR) is 26.2 cm³/mol. The van der Waals surface area contributed by atoms with E-state index in [1.165, 1.54) is 7.11 Å². The van der Waals surface area contributed by atoms with Gasteiger partial charge in [-0.15, -0.1) is 0 Å². The summed E-state index contributed by atoms with van der Waals surface area (Å²) >= 11 is 0. The number of nitrogens with one attached hydrogen (secondary N) is 1. The molecule has 0 spiro atoms. The predicted octanol–water partition coefficient (Wildman–Crippen LogP) is -0.532. The molecule has 0 saturated carbocycles. The van der Waals surface area contributed by atoms with Crippen LogP contribution in [0, 0.1) is 0 Å². The van der Waals surface area contributed by atoms with E-state index in [1.807, 2.05) is 0 Å². The fourth-order valence-corrected chi connectivity index (χ4v) is 0.156. The third-order valence-electron chi connectivity index (χ3n) is 0.432. The van der Waals surface area contributed by atoms with Crippen molar-refractivity contribution in [2.24, 2.45) is 0 Å². The summed E-state index contributed by atoms with van der Waals surface area (Å²) < 4.78 is 4.16. The molecule has 0 unspecified atom stereocenters. The van der Waals surface area contributed by atoms with Gasteiger partial charge in [0.05, 0.1) is 15.0 Å². The van der Waals surface area contributed by atoms with Crippen molar-refractivity contribution in [1.29, 1.82) is 0 Å². The summed E-state index contributed by atoms with van der Waals surface area (Å²) in [5, 5.41) is 2.21. The molecular formula is C3H6BNO2. The second kappa shape index (κ2) is 3.52.